The number of aromatic nitrogens is 6. The normalized spacial score (nSPS) is 14.6. The number of carboxylic acids is 1. The molecule has 0 aromatic carbocycles. The van der Waals surface area contributed by atoms with E-state index in [-0.39, 0.29) is 5.56 Å². The molecule has 0 spiro atoms. The van der Waals surface area contributed by atoms with Crippen LogP contribution in [0.3, 0.4) is 0 Å². The van der Waals surface area contributed by atoms with E-state index in [0.717, 1.165) is 12.8 Å². The average Bonchev–Trinajstić information content (AvgIpc) is 3.10. The second kappa shape index (κ2) is 4.57. The molecule has 0 atom stereocenters. The average molecular weight is 278 g/mol. The maximum atomic E-state index is 10.9. The molecule has 0 amide bonds. The monoisotopic (exact) mass is 278 g/mol. The van der Waals surface area contributed by atoms with Crippen LogP contribution in [0.5, 0.6) is 0 Å². The Kier molecular flexibility index (Phi) is 2.90. The summed E-state index contributed by atoms with van der Waals surface area (Å²) in [4.78, 5) is 19.0. The van der Waals surface area contributed by atoms with Crippen LogP contribution < -0.4 is 0 Å². The van der Waals surface area contributed by atoms with Crippen LogP contribution in [0.15, 0.2) is 16.5 Å². The van der Waals surface area contributed by atoms with Crippen LogP contribution in [0.25, 0.3) is 0 Å². The van der Waals surface area contributed by atoms with Gasteiger partial charge < -0.3 is 5.11 Å². The van der Waals surface area contributed by atoms with Crippen LogP contribution in [0.2, 0.25) is 0 Å². The van der Waals surface area contributed by atoms with E-state index in [4.69, 9.17) is 5.11 Å². The quantitative estimate of drug-likeness (QED) is 0.824. The predicted octanol–water partition coefficient (Wildman–Crippen LogP) is 0.956. The number of tetrazole rings is 1. The van der Waals surface area contributed by atoms with E-state index in [0.29, 0.717) is 22.0 Å². The van der Waals surface area contributed by atoms with Crippen molar-refractivity contribution in [2.45, 2.75) is 36.1 Å². The number of hydrogen-bond acceptors (Lipinski definition) is 7. The van der Waals surface area contributed by atoms with Gasteiger partial charge in [-0.3, -0.25) is 0 Å². The zero-order valence-electron chi connectivity index (χ0n) is 10.0. The van der Waals surface area contributed by atoms with Crippen LogP contribution in [-0.4, -0.2) is 41.3 Å². The molecule has 1 aliphatic carbocycles. The Balaban J connectivity index is 1.85. The number of carboxylic acid groups (broad SMARTS) is 1. The van der Waals surface area contributed by atoms with Gasteiger partial charge >= 0.3 is 5.97 Å². The van der Waals surface area contributed by atoms with Crippen molar-refractivity contribution in [2.75, 3.05) is 0 Å². The third-order valence-electron chi connectivity index (χ3n) is 2.73. The molecule has 1 saturated carbocycles. The van der Waals surface area contributed by atoms with Gasteiger partial charge in [0.15, 0.2) is 5.16 Å². The zero-order chi connectivity index (χ0) is 13.4. The van der Waals surface area contributed by atoms with Gasteiger partial charge in [-0.1, -0.05) is 0 Å². The molecule has 0 unspecified atom stereocenters. The van der Waals surface area contributed by atoms with E-state index in [1.807, 2.05) is 0 Å². The molecule has 1 N–H and O–H groups in total. The summed E-state index contributed by atoms with van der Waals surface area (Å²) in [6.07, 6.45) is 3.46. The molecule has 0 radical (unpaired) electrons. The summed E-state index contributed by atoms with van der Waals surface area (Å²) in [7, 11) is 0. The van der Waals surface area contributed by atoms with Crippen LogP contribution in [0, 0.1) is 6.92 Å². The third kappa shape index (κ3) is 2.41. The van der Waals surface area contributed by atoms with Gasteiger partial charge in [0.25, 0.3) is 0 Å². The van der Waals surface area contributed by atoms with Crippen LogP contribution >= 0.6 is 11.8 Å². The SMILES string of the molecule is Cc1nc(Sc2nnnn2C2CC2)ncc1C(=O)O. The highest BCUT2D eigenvalue weighted by molar-refractivity contribution is 7.99. The Morgan fingerprint density at radius 3 is 2.95 bits per heavy atom. The Bertz CT molecular complexity index is 639. The topological polar surface area (TPSA) is 107 Å². The highest BCUT2D eigenvalue weighted by atomic mass is 32.2. The molecule has 0 aliphatic heterocycles. The first-order valence-corrected chi connectivity index (χ1v) is 6.49. The summed E-state index contributed by atoms with van der Waals surface area (Å²) < 4.78 is 1.76. The molecule has 0 saturated heterocycles. The molecule has 98 valence electrons. The first-order chi connectivity index (χ1) is 9.15. The van der Waals surface area contributed by atoms with Crippen molar-refractivity contribution in [1.82, 2.24) is 30.2 Å². The van der Waals surface area contributed by atoms with Gasteiger partial charge in [0, 0.05) is 6.20 Å². The molecule has 2 heterocycles. The van der Waals surface area contributed by atoms with E-state index in [9.17, 15) is 4.79 Å². The first kappa shape index (κ1) is 12.0. The standard InChI is InChI=1S/C10H10N6O2S/c1-5-7(8(17)18)4-11-9(12-5)19-10-13-14-15-16(10)6-2-3-6/h4,6H,2-3H2,1H3,(H,17,18). The van der Waals surface area contributed by atoms with Gasteiger partial charge in [0.1, 0.15) is 0 Å². The Hall–Kier alpha value is -2.03. The molecule has 3 rings (SSSR count). The lowest BCUT2D eigenvalue weighted by Crippen LogP contribution is -2.04. The maximum absolute atomic E-state index is 10.9. The minimum Gasteiger partial charge on any atom is -0.478 e. The first-order valence-electron chi connectivity index (χ1n) is 5.68. The summed E-state index contributed by atoms with van der Waals surface area (Å²) in [5.41, 5.74) is 0.529. The molecule has 8 nitrogen and oxygen atoms in total. The van der Waals surface area contributed by atoms with Crippen molar-refractivity contribution in [2.24, 2.45) is 0 Å². The molecule has 1 aliphatic rings. The highest BCUT2D eigenvalue weighted by Crippen LogP contribution is 2.37. The van der Waals surface area contributed by atoms with Gasteiger partial charge in [0.05, 0.1) is 17.3 Å². The third-order valence-corrected chi connectivity index (χ3v) is 3.56. The number of nitrogens with zero attached hydrogens (tertiary/aromatic N) is 6. The summed E-state index contributed by atoms with van der Waals surface area (Å²) in [6.45, 7) is 1.64. The summed E-state index contributed by atoms with van der Waals surface area (Å²) >= 11 is 1.24. The van der Waals surface area contributed by atoms with Gasteiger partial charge in [-0.25, -0.2) is 19.4 Å². The fourth-order valence-electron chi connectivity index (χ4n) is 1.59. The molecule has 0 bridgehead atoms. The summed E-state index contributed by atoms with van der Waals surface area (Å²) in [5.74, 6) is -1.03. The minimum absolute atomic E-state index is 0.103. The molecule has 2 aromatic rings. The van der Waals surface area contributed by atoms with Crippen molar-refractivity contribution >= 4 is 17.7 Å². The molecule has 19 heavy (non-hydrogen) atoms. The Morgan fingerprint density at radius 1 is 1.53 bits per heavy atom. The van der Waals surface area contributed by atoms with E-state index < -0.39 is 5.97 Å². The number of aryl methyl sites for hydroxylation is 1. The molecular formula is C10H10N6O2S. The summed E-state index contributed by atoms with van der Waals surface area (Å²) in [6, 6.07) is 0.372. The number of rotatable bonds is 4. The van der Waals surface area contributed by atoms with E-state index >= 15 is 0 Å². The van der Waals surface area contributed by atoms with E-state index in [2.05, 4.69) is 25.5 Å². The predicted molar refractivity (Wildman–Crippen MR) is 63.9 cm³/mol. The second-order valence-corrected chi connectivity index (χ2v) is 5.13. The van der Waals surface area contributed by atoms with Crippen molar-refractivity contribution in [3.63, 3.8) is 0 Å². The number of hydrogen-bond donors (Lipinski definition) is 1. The van der Waals surface area contributed by atoms with Crippen molar-refractivity contribution in [3.8, 4) is 0 Å². The molecular weight excluding hydrogens is 268 g/mol. The van der Waals surface area contributed by atoms with Crippen LogP contribution in [-0.2, 0) is 0 Å². The number of carbonyl (C=O) groups is 1. The molecule has 1 fully saturated rings. The van der Waals surface area contributed by atoms with Crippen molar-refractivity contribution in [3.05, 3.63) is 17.5 Å². The fraction of sp³-hybridized carbons (Fsp3) is 0.400. The van der Waals surface area contributed by atoms with Crippen LogP contribution in [0.1, 0.15) is 34.9 Å². The highest BCUT2D eigenvalue weighted by Gasteiger charge is 2.28. The van der Waals surface area contributed by atoms with Crippen molar-refractivity contribution < 1.29 is 9.90 Å². The maximum Gasteiger partial charge on any atom is 0.339 e. The van der Waals surface area contributed by atoms with Gasteiger partial charge in [0.2, 0.25) is 5.16 Å². The number of aromatic carboxylic acids is 1. The smallest absolute Gasteiger partial charge is 0.339 e. The van der Waals surface area contributed by atoms with Gasteiger partial charge in [-0.2, -0.15) is 0 Å². The van der Waals surface area contributed by atoms with Gasteiger partial charge in [-0.05, 0) is 42.0 Å². The second-order valence-electron chi connectivity index (χ2n) is 4.20. The lowest BCUT2D eigenvalue weighted by molar-refractivity contribution is 0.0695. The van der Waals surface area contributed by atoms with E-state index in [1.165, 1.54) is 18.0 Å². The zero-order valence-corrected chi connectivity index (χ0v) is 10.8. The lowest BCUT2D eigenvalue weighted by atomic mass is 10.2. The fourth-order valence-corrected chi connectivity index (χ4v) is 2.40. The van der Waals surface area contributed by atoms with Crippen molar-refractivity contribution in [1.29, 1.82) is 0 Å². The van der Waals surface area contributed by atoms with E-state index in [1.54, 1.807) is 11.6 Å². The Labute approximate surface area is 112 Å². The largest absolute Gasteiger partial charge is 0.478 e. The van der Waals surface area contributed by atoms with Crippen LogP contribution in [0.4, 0.5) is 0 Å². The minimum atomic E-state index is -1.03. The van der Waals surface area contributed by atoms with Gasteiger partial charge in [-0.15, -0.1) is 5.10 Å². The lowest BCUT2D eigenvalue weighted by Gasteiger charge is -2.03. The summed E-state index contributed by atoms with van der Waals surface area (Å²) in [5, 5.41) is 21.5. The molecule has 9 heteroatoms. The Morgan fingerprint density at radius 2 is 2.32 bits per heavy atom. The molecule has 2 aromatic heterocycles.